The highest BCUT2D eigenvalue weighted by Crippen LogP contribution is 2.17. The first-order valence-electron chi connectivity index (χ1n) is 5.71. The number of anilines is 1. The number of hydrogen-bond donors (Lipinski definition) is 2. The normalized spacial score (nSPS) is 18.7. The molecule has 1 atom stereocenters. The molecule has 7 heteroatoms. The van der Waals surface area contributed by atoms with Crippen LogP contribution in [-0.4, -0.2) is 51.0 Å². The number of amides is 1. The molecule has 1 aromatic heterocycles. The average Bonchev–Trinajstić information content (AvgIpc) is 2.86. The number of carbonyl (C=O) groups is 2. The van der Waals surface area contributed by atoms with Gasteiger partial charge in [-0.3, -0.25) is 4.79 Å². The van der Waals surface area contributed by atoms with E-state index in [1.807, 2.05) is 0 Å². The SMILES string of the molecule is O=C(O)C1CCCN1C(=O)CNc1ncccn1. The summed E-state index contributed by atoms with van der Waals surface area (Å²) in [5.41, 5.74) is 0. The molecule has 1 amide bonds. The molecule has 7 nitrogen and oxygen atoms in total. The average molecular weight is 250 g/mol. The van der Waals surface area contributed by atoms with Crippen LogP contribution in [0.3, 0.4) is 0 Å². The molecular weight excluding hydrogens is 236 g/mol. The van der Waals surface area contributed by atoms with Crippen molar-refractivity contribution in [1.29, 1.82) is 0 Å². The van der Waals surface area contributed by atoms with Gasteiger partial charge in [0.2, 0.25) is 11.9 Å². The molecule has 2 N–H and O–H groups in total. The van der Waals surface area contributed by atoms with Gasteiger partial charge in [0.1, 0.15) is 6.04 Å². The molecule has 18 heavy (non-hydrogen) atoms. The zero-order chi connectivity index (χ0) is 13.0. The van der Waals surface area contributed by atoms with Crippen molar-refractivity contribution in [3.8, 4) is 0 Å². The fourth-order valence-electron chi connectivity index (χ4n) is 1.97. The largest absolute Gasteiger partial charge is 0.480 e. The second-order valence-corrected chi connectivity index (χ2v) is 4.01. The number of carbonyl (C=O) groups excluding carboxylic acids is 1. The van der Waals surface area contributed by atoms with Crippen LogP contribution in [-0.2, 0) is 9.59 Å². The highest BCUT2D eigenvalue weighted by molar-refractivity contribution is 5.86. The molecule has 2 heterocycles. The summed E-state index contributed by atoms with van der Waals surface area (Å²) in [5.74, 6) is -0.832. The standard InChI is InChI=1S/C11H14N4O3/c16-9(7-14-11-12-4-2-5-13-11)15-6-1-3-8(15)10(17)18/h2,4-5,8H,1,3,6-7H2,(H,17,18)(H,12,13,14). The molecule has 1 aliphatic heterocycles. The maximum absolute atomic E-state index is 11.9. The predicted octanol–water partition coefficient (Wildman–Crippen LogP) is -0.0359. The lowest BCUT2D eigenvalue weighted by molar-refractivity contribution is -0.147. The van der Waals surface area contributed by atoms with E-state index < -0.39 is 12.0 Å². The van der Waals surface area contributed by atoms with Crippen LogP contribution in [0.15, 0.2) is 18.5 Å². The van der Waals surface area contributed by atoms with Crippen LogP contribution < -0.4 is 5.32 Å². The minimum atomic E-state index is -0.947. The Hall–Kier alpha value is -2.18. The molecule has 1 aromatic rings. The van der Waals surface area contributed by atoms with E-state index in [9.17, 15) is 9.59 Å². The number of likely N-dealkylation sites (tertiary alicyclic amines) is 1. The third-order valence-corrected chi connectivity index (χ3v) is 2.82. The lowest BCUT2D eigenvalue weighted by Gasteiger charge is -2.21. The number of aromatic nitrogens is 2. The number of carboxylic acids is 1. The van der Waals surface area contributed by atoms with Crippen LogP contribution in [0.5, 0.6) is 0 Å². The molecule has 1 saturated heterocycles. The van der Waals surface area contributed by atoms with E-state index in [2.05, 4.69) is 15.3 Å². The molecule has 0 spiro atoms. The minimum absolute atomic E-state index is 0.00773. The van der Waals surface area contributed by atoms with Crippen LogP contribution in [0.2, 0.25) is 0 Å². The van der Waals surface area contributed by atoms with Gasteiger partial charge >= 0.3 is 5.97 Å². The fourth-order valence-corrected chi connectivity index (χ4v) is 1.97. The molecule has 0 aromatic carbocycles. The molecule has 2 rings (SSSR count). The van der Waals surface area contributed by atoms with Crippen LogP contribution in [0, 0.1) is 0 Å². The van der Waals surface area contributed by atoms with E-state index in [0.717, 1.165) is 6.42 Å². The van der Waals surface area contributed by atoms with Crippen LogP contribution in [0.4, 0.5) is 5.95 Å². The minimum Gasteiger partial charge on any atom is -0.480 e. The Kier molecular flexibility index (Phi) is 3.71. The van der Waals surface area contributed by atoms with E-state index in [1.165, 1.54) is 4.90 Å². The quantitative estimate of drug-likeness (QED) is 0.778. The Morgan fingerprint density at radius 2 is 2.17 bits per heavy atom. The predicted molar refractivity (Wildman–Crippen MR) is 62.9 cm³/mol. The third-order valence-electron chi connectivity index (χ3n) is 2.82. The lowest BCUT2D eigenvalue weighted by Crippen LogP contribution is -2.43. The maximum atomic E-state index is 11.9. The summed E-state index contributed by atoms with van der Waals surface area (Å²) in [5, 5.41) is 11.8. The van der Waals surface area contributed by atoms with E-state index in [4.69, 9.17) is 5.11 Å². The molecule has 1 unspecified atom stereocenters. The highest BCUT2D eigenvalue weighted by atomic mass is 16.4. The molecule has 96 valence electrons. The van der Waals surface area contributed by atoms with Crippen molar-refractivity contribution in [1.82, 2.24) is 14.9 Å². The van der Waals surface area contributed by atoms with Crippen LogP contribution in [0.1, 0.15) is 12.8 Å². The summed E-state index contributed by atoms with van der Waals surface area (Å²) in [4.78, 5) is 32.1. The number of carboxylic acid groups (broad SMARTS) is 1. The number of nitrogens with zero attached hydrogens (tertiary/aromatic N) is 3. The summed E-state index contributed by atoms with van der Waals surface area (Å²) in [6.45, 7) is 0.501. The van der Waals surface area contributed by atoms with Crippen molar-refractivity contribution >= 4 is 17.8 Å². The molecular formula is C11H14N4O3. The van der Waals surface area contributed by atoms with E-state index in [-0.39, 0.29) is 12.5 Å². The number of hydrogen-bond acceptors (Lipinski definition) is 5. The van der Waals surface area contributed by atoms with Gasteiger partial charge < -0.3 is 15.3 Å². The zero-order valence-corrected chi connectivity index (χ0v) is 9.74. The first-order chi connectivity index (χ1) is 8.68. The topological polar surface area (TPSA) is 95.4 Å². The van der Waals surface area contributed by atoms with Gasteiger partial charge in [0.15, 0.2) is 0 Å². The van der Waals surface area contributed by atoms with Crippen LogP contribution in [0.25, 0.3) is 0 Å². The van der Waals surface area contributed by atoms with Gasteiger partial charge in [-0.15, -0.1) is 0 Å². The first kappa shape index (κ1) is 12.3. The Morgan fingerprint density at radius 3 is 2.83 bits per heavy atom. The number of nitrogens with one attached hydrogen (secondary N) is 1. The van der Waals surface area contributed by atoms with Gasteiger partial charge in [0.05, 0.1) is 6.54 Å². The molecule has 1 aliphatic rings. The molecule has 0 aliphatic carbocycles. The Morgan fingerprint density at radius 1 is 1.44 bits per heavy atom. The number of rotatable bonds is 4. The van der Waals surface area contributed by atoms with Crippen molar-refractivity contribution in [2.24, 2.45) is 0 Å². The molecule has 0 radical (unpaired) electrons. The van der Waals surface area contributed by atoms with Crippen molar-refractivity contribution in [3.05, 3.63) is 18.5 Å². The first-order valence-corrected chi connectivity index (χ1v) is 5.71. The van der Waals surface area contributed by atoms with Gasteiger partial charge in [-0.25, -0.2) is 14.8 Å². The van der Waals surface area contributed by atoms with Crippen LogP contribution >= 0.6 is 0 Å². The second kappa shape index (κ2) is 5.44. The molecule has 0 bridgehead atoms. The monoisotopic (exact) mass is 250 g/mol. The fraction of sp³-hybridized carbons (Fsp3) is 0.455. The van der Waals surface area contributed by atoms with Gasteiger partial charge in [0, 0.05) is 18.9 Å². The van der Waals surface area contributed by atoms with E-state index in [0.29, 0.717) is 18.9 Å². The molecule has 1 fully saturated rings. The van der Waals surface area contributed by atoms with Gasteiger partial charge in [-0.2, -0.15) is 0 Å². The highest BCUT2D eigenvalue weighted by Gasteiger charge is 2.33. The Bertz CT molecular complexity index is 437. The van der Waals surface area contributed by atoms with Gasteiger partial charge in [0.25, 0.3) is 0 Å². The second-order valence-electron chi connectivity index (χ2n) is 4.01. The van der Waals surface area contributed by atoms with Crippen molar-refractivity contribution in [2.75, 3.05) is 18.4 Å². The van der Waals surface area contributed by atoms with E-state index in [1.54, 1.807) is 18.5 Å². The lowest BCUT2D eigenvalue weighted by atomic mass is 10.2. The zero-order valence-electron chi connectivity index (χ0n) is 9.74. The molecule has 0 saturated carbocycles. The Labute approximate surface area is 104 Å². The van der Waals surface area contributed by atoms with Crippen molar-refractivity contribution in [3.63, 3.8) is 0 Å². The summed E-state index contributed by atoms with van der Waals surface area (Å²) < 4.78 is 0. The summed E-state index contributed by atoms with van der Waals surface area (Å²) in [6, 6.07) is 0.976. The van der Waals surface area contributed by atoms with Crippen molar-refractivity contribution in [2.45, 2.75) is 18.9 Å². The third kappa shape index (κ3) is 2.73. The number of aliphatic carboxylic acids is 1. The van der Waals surface area contributed by atoms with Gasteiger partial charge in [-0.1, -0.05) is 0 Å². The summed E-state index contributed by atoms with van der Waals surface area (Å²) >= 11 is 0. The summed E-state index contributed by atoms with van der Waals surface area (Å²) in [7, 11) is 0. The smallest absolute Gasteiger partial charge is 0.326 e. The summed E-state index contributed by atoms with van der Waals surface area (Å²) in [6.07, 6.45) is 4.37. The van der Waals surface area contributed by atoms with Crippen molar-refractivity contribution < 1.29 is 14.7 Å². The Balaban J connectivity index is 1.90. The maximum Gasteiger partial charge on any atom is 0.326 e. The van der Waals surface area contributed by atoms with E-state index >= 15 is 0 Å². The van der Waals surface area contributed by atoms with Gasteiger partial charge in [-0.05, 0) is 18.9 Å².